The highest BCUT2D eigenvalue weighted by Crippen LogP contribution is 2.32. The van der Waals surface area contributed by atoms with Gasteiger partial charge in [-0.1, -0.05) is 26.2 Å². The second kappa shape index (κ2) is 7.01. The molecule has 1 heterocycles. The van der Waals surface area contributed by atoms with Crippen molar-refractivity contribution in [2.24, 2.45) is 11.7 Å². The number of nitrogens with two attached hydrogens (primary N) is 1. The van der Waals surface area contributed by atoms with Crippen LogP contribution < -0.4 is 5.73 Å². The largest absolute Gasteiger partial charge is 0.369 e. The van der Waals surface area contributed by atoms with Crippen LogP contribution >= 0.6 is 0 Å². The summed E-state index contributed by atoms with van der Waals surface area (Å²) in [6.07, 6.45) is 10.2. The maximum Gasteiger partial charge on any atom is 0.0977 e. The van der Waals surface area contributed by atoms with E-state index >= 15 is 0 Å². The fourth-order valence-electron chi connectivity index (χ4n) is 3.00. The van der Waals surface area contributed by atoms with E-state index < -0.39 is 0 Å². The van der Waals surface area contributed by atoms with Crippen molar-refractivity contribution >= 4 is 0 Å². The van der Waals surface area contributed by atoms with Gasteiger partial charge in [0.2, 0.25) is 0 Å². The number of aromatic nitrogens is 1. The SMILES string of the molecule is CCC1CCCC(OC(c2ccncc2)C(C)N)C1. The summed E-state index contributed by atoms with van der Waals surface area (Å²) in [5, 5.41) is 0. The zero-order valence-corrected chi connectivity index (χ0v) is 12.1. The summed E-state index contributed by atoms with van der Waals surface area (Å²) in [6, 6.07) is 4.02. The molecule has 3 nitrogen and oxygen atoms in total. The second-order valence-corrected chi connectivity index (χ2v) is 5.76. The van der Waals surface area contributed by atoms with Crippen LogP contribution in [0.25, 0.3) is 0 Å². The Morgan fingerprint density at radius 1 is 1.37 bits per heavy atom. The van der Waals surface area contributed by atoms with Crippen LogP contribution in [-0.4, -0.2) is 17.1 Å². The van der Waals surface area contributed by atoms with Gasteiger partial charge >= 0.3 is 0 Å². The van der Waals surface area contributed by atoms with E-state index in [4.69, 9.17) is 10.5 Å². The van der Waals surface area contributed by atoms with E-state index in [-0.39, 0.29) is 12.1 Å². The molecule has 2 rings (SSSR count). The lowest BCUT2D eigenvalue weighted by Crippen LogP contribution is -2.32. The number of hydrogen-bond acceptors (Lipinski definition) is 3. The molecule has 1 aromatic rings. The summed E-state index contributed by atoms with van der Waals surface area (Å²) >= 11 is 0. The molecule has 1 aliphatic rings. The van der Waals surface area contributed by atoms with Crippen molar-refractivity contribution < 1.29 is 4.74 Å². The highest BCUT2D eigenvalue weighted by atomic mass is 16.5. The normalized spacial score (nSPS) is 26.9. The minimum absolute atomic E-state index is 0.00408. The standard InChI is InChI=1S/C16H26N2O/c1-3-13-5-4-6-15(11-13)19-16(12(2)17)14-7-9-18-10-8-14/h7-10,12-13,15-16H,3-6,11,17H2,1-2H3. The Labute approximate surface area is 116 Å². The molecule has 1 fully saturated rings. The predicted octanol–water partition coefficient (Wildman–Crippen LogP) is 3.46. The monoisotopic (exact) mass is 262 g/mol. The van der Waals surface area contributed by atoms with Gasteiger partial charge in [0, 0.05) is 18.4 Å². The lowest BCUT2D eigenvalue weighted by Gasteiger charge is -2.33. The van der Waals surface area contributed by atoms with E-state index in [2.05, 4.69) is 11.9 Å². The first kappa shape index (κ1) is 14.5. The van der Waals surface area contributed by atoms with Crippen molar-refractivity contribution in [3.05, 3.63) is 30.1 Å². The predicted molar refractivity (Wildman–Crippen MR) is 77.7 cm³/mol. The van der Waals surface area contributed by atoms with Crippen LogP contribution in [-0.2, 0) is 4.74 Å². The molecule has 0 radical (unpaired) electrons. The van der Waals surface area contributed by atoms with Crippen molar-refractivity contribution in [3.8, 4) is 0 Å². The van der Waals surface area contributed by atoms with Crippen molar-refractivity contribution in [1.82, 2.24) is 4.98 Å². The fourth-order valence-corrected chi connectivity index (χ4v) is 3.00. The highest BCUT2D eigenvalue weighted by Gasteiger charge is 2.26. The Kier molecular flexibility index (Phi) is 5.34. The van der Waals surface area contributed by atoms with Gasteiger partial charge in [0.1, 0.15) is 0 Å². The van der Waals surface area contributed by atoms with Gasteiger partial charge in [-0.05, 0) is 43.4 Å². The molecular formula is C16H26N2O. The summed E-state index contributed by atoms with van der Waals surface area (Å²) in [6.45, 7) is 4.30. The number of pyridine rings is 1. The lowest BCUT2D eigenvalue weighted by atomic mass is 9.85. The van der Waals surface area contributed by atoms with Crippen molar-refractivity contribution in [2.45, 2.75) is 64.2 Å². The molecule has 0 amide bonds. The molecule has 0 bridgehead atoms. The van der Waals surface area contributed by atoms with E-state index in [9.17, 15) is 0 Å². The van der Waals surface area contributed by atoms with Gasteiger partial charge in [-0.2, -0.15) is 0 Å². The van der Waals surface area contributed by atoms with Crippen molar-refractivity contribution in [2.75, 3.05) is 0 Å². The zero-order chi connectivity index (χ0) is 13.7. The quantitative estimate of drug-likeness (QED) is 0.884. The minimum Gasteiger partial charge on any atom is -0.369 e. The van der Waals surface area contributed by atoms with Crippen LogP contribution in [0.2, 0.25) is 0 Å². The summed E-state index contributed by atoms with van der Waals surface area (Å²) < 4.78 is 6.32. The van der Waals surface area contributed by atoms with Gasteiger partial charge in [0.15, 0.2) is 0 Å². The average Bonchev–Trinajstić information content (AvgIpc) is 2.45. The molecule has 106 valence electrons. The Bertz CT molecular complexity index is 366. The molecule has 4 unspecified atom stereocenters. The van der Waals surface area contributed by atoms with E-state index in [1.807, 2.05) is 31.5 Å². The Balaban J connectivity index is 2.01. The number of ether oxygens (including phenoxy) is 1. The van der Waals surface area contributed by atoms with Gasteiger partial charge in [-0.3, -0.25) is 4.98 Å². The Hall–Kier alpha value is -0.930. The molecule has 1 aromatic heterocycles. The molecule has 0 saturated heterocycles. The molecule has 0 aromatic carbocycles. The molecule has 2 N–H and O–H groups in total. The second-order valence-electron chi connectivity index (χ2n) is 5.76. The van der Waals surface area contributed by atoms with Crippen LogP contribution in [0.5, 0.6) is 0 Å². The molecular weight excluding hydrogens is 236 g/mol. The van der Waals surface area contributed by atoms with Crippen LogP contribution in [0, 0.1) is 5.92 Å². The molecule has 1 saturated carbocycles. The van der Waals surface area contributed by atoms with Crippen LogP contribution in [0.1, 0.15) is 57.6 Å². The van der Waals surface area contributed by atoms with Crippen LogP contribution in [0.4, 0.5) is 0 Å². The summed E-state index contributed by atoms with van der Waals surface area (Å²) in [7, 11) is 0. The highest BCUT2D eigenvalue weighted by molar-refractivity contribution is 5.15. The molecule has 0 aliphatic heterocycles. The molecule has 0 spiro atoms. The number of nitrogens with zero attached hydrogens (tertiary/aromatic N) is 1. The zero-order valence-electron chi connectivity index (χ0n) is 12.1. The van der Waals surface area contributed by atoms with Gasteiger partial charge in [0.25, 0.3) is 0 Å². The van der Waals surface area contributed by atoms with E-state index in [0.717, 1.165) is 11.5 Å². The average molecular weight is 262 g/mol. The molecule has 3 heteroatoms. The first-order valence-electron chi connectivity index (χ1n) is 7.51. The smallest absolute Gasteiger partial charge is 0.0977 e. The third-order valence-corrected chi connectivity index (χ3v) is 4.16. The van der Waals surface area contributed by atoms with Crippen molar-refractivity contribution in [1.29, 1.82) is 0 Å². The number of rotatable bonds is 5. The molecule has 4 atom stereocenters. The number of hydrogen-bond donors (Lipinski definition) is 1. The van der Waals surface area contributed by atoms with Gasteiger partial charge in [-0.15, -0.1) is 0 Å². The summed E-state index contributed by atoms with van der Waals surface area (Å²) in [5.41, 5.74) is 7.25. The van der Waals surface area contributed by atoms with E-state index in [1.54, 1.807) is 0 Å². The third-order valence-electron chi connectivity index (χ3n) is 4.16. The van der Waals surface area contributed by atoms with Gasteiger partial charge < -0.3 is 10.5 Å². The fraction of sp³-hybridized carbons (Fsp3) is 0.688. The topological polar surface area (TPSA) is 48.1 Å². The molecule has 1 aliphatic carbocycles. The van der Waals surface area contributed by atoms with Crippen LogP contribution in [0.15, 0.2) is 24.5 Å². The van der Waals surface area contributed by atoms with Gasteiger partial charge in [0.05, 0.1) is 12.2 Å². The van der Waals surface area contributed by atoms with Crippen LogP contribution in [0.3, 0.4) is 0 Å². The maximum absolute atomic E-state index is 6.32. The first-order chi connectivity index (χ1) is 9.20. The Morgan fingerprint density at radius 2 is 2.11 bits per heavy atom. The Morgan fingerprint density at radius 3 is 2.74 bits per heavy atom. The van der Waals surface area contributed by atoms with Gasteiger partial charge in [-0.25, -0.2) is 0 Å². The summed E-state index contributed by atoms with van der Waals surface area (Å²) in [4.78, 5) is 4.06. The summed E-state index contributed by atoms with van der Waals surface area (Å²) in [5.74, 6) is 0.824. The lowest BCUT2D eigenvalue weighted by molar-refractivity contribution is -0.0508. The molecule has 19 heavy (non-hydrogen) atoms. The minimum atomic E-state index is -0.0105. The maximum atomic E-state index is 6.32. The van der Waals surface area contributed by atoms with Crippen molar-refractivity contribution in [3.63, 3.8) is 0 Å². The van der Waals surface area contributed by atoms with E-state index in [1.165, 1.54) is 32.1 Å². The third kappa shape index (κ3) is 4.02. The van der Waals surface area contributed by atoms with E-state index in [0.29, 0.717) is 6.10 Å². The first-order valence-corrected chi connectivity index (χ1v) is 7.51.